The zero-order valence-corrected chi connectivity index (χ0v) is 16.2. The van der Waals surface area contributed by atoms with E-state index in [-0.39, 0.29) is 17.0 Å². The molecule has 1 aliphatic heterocycles. The van der Waals surface area contributed by atoms with Crippen LogP contribution in [-0.2, 0) is 9.59 Å². The van der Waals surface area contributed by atoms with Gasteiger partial charge in [-0.05, 0) is 48.9 Å². The van der Waals surface area contributed by atoms with Crippen LogP contribution < -0.4 is 9.80 Å². The number of likely N-dealkylation sites (N-methyl/N-ethyl adjacent to an activating group) is 1. The quantitative estimate of drug-likeness (QED) is 0.575. The zero-order chi connectivity index (χ0) is 21.3. The number of rotatable bonds is 5. The third-order valence-corrected chi connectivity index (χ3v) is 4.94. The summed E-state index contributed by atoms with van der Waals surface area (Å²) < 4.78 is 28.0. The molecule has 150 valence electrons. The highest BCUT2D eigenvalue weighted by atomic mass is 19.1. The van der Waals surface area contributed by atoms with E-state index < -0.39 is 23.4 Å². The summed E-state index contributed by atoms with van der Waals surface area (Å²) in [5, 5.41) is 0. The van der Waals surface area contributed by atoms with E-state index in [0.29, 0.717) is 17.8 Å². The number of halogens is 2. The summed E-state index contributed by atoms with van der Waals surface area (Å²) >= 11 is 0. The average molecular weight is 404 g/mol. The fraction of sp³-hybridized carbons (Fsp3) is 0.0833. The first-order chi connectivity index (χ1) is 14.5. The first kappa shape index (κ1) is 19.5. The number of benzene rings is 3. The standard InChI is InChI=1S/C24H18F2N2O2/c1-2-27(18-8-4-3-5-9-18)22-21(16-12-14-17(25)15-13-16)23(29)28(24(22)30)20-11-7-6-10-19(20)26/h3-15H,2H2,1H3. The van der Waals surface area contributed by atoms with Gasteiger partial charge in [0.15, 0.2) is 0 Å². The average Bonchev–Trinajstić information content (AvgIpc) is 3.01. The van der Waals surface area contributed by atoms with E-state index >= 15 is 0 Å². The maximum absolute atomic E-state index is 14.5. The third kappa shape index (κ3) is 3.26. The fourth-order valence-electron chi connectivity index (χ4n) is 3.57. The molecule has 3 aromatic carbocycles. The predicted molar refractivity (Wildman–Crippen MR) is 112 cm³/mol. The van der Waals surface area contributed by atoms with Crippen LogP contribution in [0.3, 0.4) is 0 Å². The summed E-state index contributed by atoms with van der Waals surface area (Å²) in [5.74, 6) is -2.42. The Kier molecular flexibility index (Phi) is 5.14. The van der Waals surface area contributed by atoms with Crippen LogP contribution in [0.5, 0.6) is 0 Å². The molecule has 0 radical (unpaired) electrons. The molecule has 0 N–H and O–H groups in total. The van der Waals surface area contributed by atoms with Crippen molar-refractivity contribution in [1.82, 2.24) is 0 Å². The Morgan fingerprint density at radius 3 is 2.07 bits per heavy atom. The Bertz CT molecular complexity index is 1140. The second-order valence-corrected chi connectivity index (χ2v) is 6.71. The first-order valence-corrected chi connectivity index (χ1v) is 9.49. The van der Waals surface area contributed by atoms with Crippen molar-refractivity contribution in [2.45, 2.75) is 6.92 Å². The van der Waals surface area contributed by atoms with E-state index in [1.54, 1.807) is 11.0 Å². The number of carbonyl (C=O) groups is 2. The van der Waals surface area contributed by atoms with Gasteiger partial charge < -0.3 is 4.90 Å². The van der Waals surface area contributed by atoms with Crippen LogP contribution >= 0.6 is 0 Å². The number of hydrogen-bond acceptors (Lipinski definition) is 3. The van der Waals surface area contributed by atoms with Crippen molar-refractivity contribution in [3.63, 3.8) is 0 Å². The Morgan fingerprint density at radius 2 is 1.43 bits per heavy atom. The molecule has 1 aliphatic rings. The van der Waals surface area contributed by atoms with Crippen LogP contribution in [0.1, 0.15) is 12.5 Å². The highest BCUT2D eigenvalue weighted by molar-refractivity contribution is 6.46. The molecule has 30 heavy (non-hydrogen) atoms. The normalized spacial score (nSPS) is 13.9. The van der Waals surface area contributed by atoms with Crippen molar-refractivity contribution in [2.24, 2.45) is 0 Å². The van der Waals surface area contributed by atoms with Gasteiger partial charge in [0.2, 0.25) is 0 Å². The smallest absolute Gasteiger partial charge is 0.282 e. The molecule has 3 aromatic rings. The molecule has 6 heteroatoms. The molecule has 2 amide bonds. The SMILES string of the molecule is CCN(C1=C(c2ccc(F)cc2)C(=O)N(c2ccccc2F)C1=O)c1ccccc1. The van der Waals surface area contributed by atoms with Crippen LogP contribution in [-0.4, -0.2) is 18.4 Å². The largest absolute Gasteiger partial charge is 0.337 e. The van der Waals surface area contributed by atoms with Gasteiger partial charge in [-0.2, -0.15) is 0 Å². The van der Waals surface area contributed by atoms with E-state index in [1.165, 1.54) is 42.5 Å². The molecule has 4 nitrogen and oxygen atoms in total. The Balaban J connectivity index is 1.92. The molecule has 0 bridgehead atoms. The molecule has 0 unspecified atom stereocenters. The van der Waals surface area contributed by atoms with E-state index in [0.717, 1.165) is 4.90 Å². The highest BCUT2D eigenvalue weighted by Gasteiger charge is 2.43. The van der Waals surface area contributed by atoms with Crippen molar-refractivity contribution in [2.75, 3.05) is 16.3 Å². The lowest BCUT2D eigenvalue weighted by atomic mass is 10.0. The summed E-state index contributed by atoms with van der Waals surface area (Å²) in [6, 6.07) is 20.1. The topological polar surface area (TPSA) is 40.6 Å². The molecule has 0 aromatic heterocycles. The Labute approximate surface area is 172 Å². The van der Waals surface area contributed by atoms with Crippen LogP contribution in [0.25, 0.3) is 5.57 Å². The number of nitrogens with zero attached hydrogens (tertiary/aromatic N) is 2. The number of imide groups is 1. The Morgan fingerprint density at radius 1 is 0.800 bits per heavy atom. The zero-order valence-electron chi connectivity index (χ0n) is 16.2. The van der Waals surface area contributed by atoms with Crippen molar-refractivity contribution >= 4 is 28.8 Å². The van der Waals surface area contributed by atoms with Gasteiger partial charge in [0.05, 0.1) is 11.3 Å². The molecular weight excluding hydrogens is 386 g/mol. The van der Waals surface area contributed by atoms with Crippen LogP contribution in [0.2, 0.25) is 0 Å². The van der Waals surface area contributed by atoms with Gasteiger partial charge in [0, 0.05) is 12.2 Å². The molecule has 0 atom stereocenters. The second-order valence-electron chi connectivity index (χ2n) is 6.71. The number of para-hydroxylation sites is 2. The number of hydrogen-bond donors (Lipinski definition) is 0. The lowest BCUT2D eigenvalue weighted by Crippen LogP contribution is -2.35. The minimum atomic E-state index is -0.679. The van der Waals surface area contributed by atoms with Gasteiger partial charge in [0.1, 0.15) is 17.3 Å². The van der Waals surface area contributed by atoms with Gasteiger partial charge in [-0.3, -0.25) is 9.59 Å². The molecule has 0 aliphatic carbocycles. The van der Waals surface area contributed by atoms with Crippen molar-refractivity contribution in [1.29, 1.82) is 0 Å². The van der Waals surface area contributed by atoms with Crippen molar-refractivity contribution in [3.8, 4) is 0 Å². The summed E-state index contributed by atoms with van der Waals surface area (Å²) in [4.78, 5) is 29.4. The van der Waals surface area contributed by atoms with Gasteiger partial charge in [-0.1, -0.05) is 42.5 Å². The molecular formula is C24H18F2N2O2. The third-order valence-electron chi connectivity index (χ3n) is 4.94. The van der Waals surface area contributed by atoms with Gasteiger partial charge in [0.25, 0.3) is 11.8 Å². The van der Waals surface area contributed by atoms with E-state index in [9.17, 15) is 18.4 Å². The molecule has 0 fully saturated rings. The Hall–Kier alpha value is -3.80. The van der Waals surface area contributed by atoms with Gasteiger partial charge in [-0.25, -0.2) is 13.7 Å². The molecule has 0 saturated heterocycles. The minimum Gasteiger partial charge on any atom is -0.337 e. The van der Waals surface area contributed by atoms with E-state index in [4.69, 9.17) is 0 Å². The summed E-state index contributed by atoms with van der Waals surface area (Å²) in [6.45, 7) is 2.25. The summed E-state index contributed by atoms with van der Waals surface area (Å²) in [6.07, 6.45) is 0. The number of anilines is 2. The van der Waals surface area contributed by atoms with Crippen molar-refractivity contribution in [3.05, 3.63) is 102 Å². The molecule has 0 spiro atoms. The maximum Gasteiger partial charge on any atom is 0.282 e. The number of amides is 2. The van der Waals surface area contributed by atoms with Gasteiger partial charge >= 0.3 is 0 Å². The van der Waals surface area contributed by atoms with Crippen molar-refractivity contribution < 1.29 is 18.4 Å². The second kappa shape index (κ2) is 7.91. The predicted octanol–water partition coefficient (Wildman–Crippen LogP) is 4.78. The van der Waals surface area contributed by atoms with Crippen LogP contribution in [0.4, 0.5) is 20.2 Å². The van der Waals surface area contributed by atoms with Gasteiger partial charge in [-0.15, -0.1) is 0 Å². The number of carbonyl (C=O) groups excluding carboxylic acids is 2. The van der Waals surface area contributed by atoms with Crippen LogP contribution in [0, 0.1) is 11.6 Å². The first-order valence-electron chi connectivity index (χ1n) is 9.49. The van der Waals surface area contributed by atoms with Crippen LogP contribution in [0.15, 0.2) is 84.6 Å². The lowest BCUT2D eigenvalue weighted by Gasteiger charge is -2.25. The van der Waals surface area contributed by atoms with E-state index in [2.05, 4.69) is 0 Å². The molecule has 1 heterocycles. The highest BCUT2D eigenvalue weighted by Crippen LogP contribution is 2.37. The molecule has 0 saturated carbocycles. The lowest BCUT2D eigenvalue weighted by molar-refractivity contribution is -0.120. The fourth-order valence-corrected chi connectivity index (χ4v) is 3.57. The van der Waals surface area contributed by atoms with E-state index in [1.807, 2.05) is 37.3 Å². The summed E-state index contributed by atoms with van der Waals surface area (Å²) in [7, 11) is 0. The monoisotopic (exact) mass is 404 g/mol. The minimum absolute atomic E-state index is 0.106. The summed E-state index contributed by atoms with van der Waals surface area (Å²) in [5.41, 5.74) is 1.22. The molecule has 4 rings (SSSR count). The maximum atomic E-state index is 14.5.